The lowest BCUT2D eigenvalue weighted by atomic mass is 9.91. The lowest BCUT2D eigenvalue weighted by Crippen LogP contribution is -2.33. The summed E-state index contributed by atoms with van der Waals surface area (Å²) in [6.07, 6.45) is 1.53. The summed E-state index contributed by atoms with van der Waals surface area (Å²) in [6, 6.07) is 0. The van der Waals surface area contributed by atoms with Crippen LogP contribution in [0.3, 0.4) is 0 Å². The minimum atomic E-state index is -0.756. The molecule has 0 aliphatic carbocycles. The molecule has 0 radical (unpaired) electrons. The monoisotopic (exact) mass is 215 g/mol. The van der Waals surface area contributed by atoms with E-state index in [0.29, 0.717) is 12.3 Å². The van der Waals surface area contributed by atoms with Gasteiger partial charge in [-0.3, -0.25) is 0 Å². The van der Waals surface area contributed by atoms with E-state index >= 15 is 0 Å². The first-order valence-electron chi connectivity index (χ1n) is 5.29. The fourth-order valence-corrected chi connectivity index (χ4v) is 1.34. The molecule has 0 bridgehead atoms. The first-order chi connectivity index (χ1) is 6.94. The minimum Gasteiger partial charge on any atom is -0.396 e. The molecule has 2 unspecified atom stereocenters. The summed E-state index contributed by atoms with van der Waals surface area (Å²) in [5.74, 6) is 0.381. The minimum absolute atomic E-state index is 0.178. The van der Waals surface area contributed by atoms with E-state index in [-0.39, 0.29) is 6.61 Å². The third-order valence-electron chi connectivity index (χ3n) is 2.67. The molecule has 0 aliphatic heterocycles. The average Bonchev–Trinajstić information content (AvgIpc) is 2.14. The summed E-state index contributed by atoms with van der Waals surface area (Å²) < 4.78 is 0. The highest BCUT2D eigenvalue weighted by Gasteiger charge is 2.26. The molecule has 0 saturated heterocycles. The van der Waals surface area contributed by atoms with Crippen molar-refractivity contribution in [3.63, 3.8) is 0 Å². The Morgan fingerprint density at radius 2 is 1.93 bits per heavy atom. The number of nitrogens with zero attached hydrogens (tertiary/aromatic N) is 3. The van der Waals surface area contributed by atoms with Gasteiger partial charge in [0.2, 0.25) is 0 Å². The first-order valence-corrected chi connectivity index (χ1v) is 5.29. The van der Waals surface area contributed by atoms with E-state index in [4.69, 9.17) is 10.6 Å². The van der Waals surface area contributed by atoms with Gasteiger partial charge in [0, 0.05) is 11.5 Å². The van der Waals surface area contributed by atoms with Gasteiger partial charge in [-0.1, -0.05) is 25.9 Å². The second-order valence-corrected chi connectivity index (χ2v) is 4.55. The van der Waals surface area contributed by atoms with Crippen molar-refractivity contribution in [2.24, 2.45) is 11.0 Å². The van der Waals surface area contributed by atoms with Gasteiger partial charge in [-0.05, 0) is 30.7 Å². The molecule has 0 spiro atoms. The highest BCUT2D eigenvalue weighted by molar-refractivity contribution is 4.86. The van der Waals surface area contributed by atoms with Gasteiger partial charge in [-0.15, -0.1) is 0 Å². The predicted octanol–water partition coefficient (Wildman–Crippen LogP) is 2.23. The maximum Gasteiger partial charge on any atom is 0.0690 e. The summed E-state index contributed by atoms with van der Waals surface area (Å²) in [4.78, 5) is 2.72. The van der Waals surface area contributed by atoms with Crippen LogP contribution in [-0.2, 0) is 0 Å². The zero-order chi connectivity index (χ0) is 11.9. The summed E-state index contributed by atoms with van der Waals surface area (Å²) in [5, 5.41) is 22.1. The third-order valence-corrected chi connectivity index (χ3v) is 2.67. The van der Waals surface area contributed by atoms with Gasteiger partial charge in [0.25, 0.3) is 0 Å². The van der Waals surface area contributed by atoms with Crippen LogP contribution < -0.4 is 0 Å². The molecule has 0 amide bonds. The Morgan fingerprint density at radius 1 is 1.33 bits per heavy atom. The topological polar surface area (TPSA) is 89.2 Å². The van der Waals surface area contributed by atoms with Crippen LogP contribution in [0, 0.1) is 5.92 Å². The van der Waals surface area contributed by atoms with Crippen molar-refractivity contribution in [3.8, 4) is 0 Å². The lowest BCUT2D eigenvalue weighted by Gasteiger charge is -2.26. The fraction of sp³-hybridized carbons (Fsp3) is 1.00. The number of hydrogen-bond acceptors (Lipinski definition) is 3. The summed E-state index contributed by atoms with van der Waals surface area (Å²) in [7, 11) is 0. The van der Waals surface area contributed by atoms with Crippen LogP contribution in [0.4, 0.5) is 0 Å². The van der Waals surface area contributed by atoms with E-state index in [9.17, 15) is 5.11 Å². The quantitative estimate of drug-likeness (QED) is 0.387. The number of aliphatic hydroxyl groups excluding tert-OH is 2. The van der Waals surface area contributed by atoms with Crippen molar-refractivity contribution >= 4 is 0 Å². The van der Waals surface area contributed by atoms with Gasteiger partial charge in [-0.25, -0.2) is 0 Å². The highest BCUT2D eigenvalue weighted by Crippen LogP contribution is 2.21. The molecule has 0 aromatic heterocycles. The zero-order valence-electron chi connectivity index (χ0n) is 9.72. The Kier molecular flexibility index (Phi) is 6.32. The van der Waals surface area contributed by atoms with Crippen LogP contribution in [0.15, 0.2) is 5.11 Å². The molecule has 5 heteroatoms. The molecule has 0 saturated carbocycles. The smallest absolute Gasteiger partial charge is 0.0690 e. The summed E-state index contributed by atoms with van der Waals surface area (Å²) in [5.41, 5.74) is 7.57. The van der Waals surface area contributed by atoms with E-state index in [1.54, 1.807) is 13.8 Å². The zero-order valence-corrected chi connectivity index (χ0v) is 9.72. The Balaban J connectivity index is 4.02. The normalized spacial score (nSPS) is 15.5. The van der Waals surface area contributed by atoms with E-state index in [0.717, 1.165) is 12.8 Å². The number of azide groups is 1. The molecule has 0 aromatic carbocycles. The van der Waals surface area contributed by atoms with Crippen LogP contribution in [-0.4, -0.2) is 28.5 Å². The molecule has 0 aromatic rings. The van der Waals surface area contributed by atoms with Gasteiger partial charge in [0.1, 0.15) is 0 Å². The molecule has 2 N–H and O–H groups in total. The van der Waals surface area contributed by atoms with Crippen molar-refractivity contribution in [1.82, 2.24) is 0 Å². The van der Waals surface area contributed by atoms with E-state index in [1.165, 1.54) is 0 Å². The molecular weight excluding hydrogens is 194 g/mol. The Morgan fingerprint density at radius 3 is 2.40 bits per heavy atom. The van der Waals surface area contributed by atoms with Crippen molar-refractivity contribution in [2.45, 2.75) is 51.7 Å². The average molecular weight is 215 g/mol. The Labute approximate surface area is 90.7 Å². The van der Waals surface area contributed by atoms with Gasteiger partial charge in [0.15, 0.2) is 0 Å². The van der Waals surface area contributed by atoms with E-state index in [1.807, 2.05) is 6.92 Å². The second kappa shape index (κ2) is 6.67. The maximum absolute atomic E-state index is 9.80. The number of rotatable bonds is 7. The van der Waals surface area contributed by atoms with E-state index < -0.39 is 11.6 Å². The van der Waals surface area contributed by atoms with Crippen LogP contribution in [0.5, 0.6) is 0 Å². The Hall–Kier alpha value is -0.770. The molecule has 5 nitrogen and oxygen atoms in total. The van der Waals surface area contributed by atoms with Crippen LogP contribution in [0.2, 0.25) is 0 Å². The van der Waals surface area contributed by atoms with Crippen LogP contribution >= 0.6 is 0 Å². The predicted molar refractivity (Wildman–Crippen MR) is 59.3 cm³/mol. The maximum atomic E-state index is 9.80. The highest BCUT2D eigenvalue weighted by atomic mass is 16.3. The first kappa shape index (κ1) is 14.2. The molecule has 88 valence electrons. The molecule has 0 aliphatic rings. The van der Waals surface area contributed by atoms with Gasteiger partial charge in [0.05, 0.1) is 11.6 Å². The lowest BCUT2D eigenvalue weighted by molar-refractivity contribution is 0.0876. The van der Waals surface area contributed by atoms with Gasteiger partial charge >= 0.3 is 0 Å². The van der Waals surface area contributed by atoms with Crippen molar-refractivity contribution in [2.75, 3.05) is 6.61 Å². The number of hydrogen-bond donors (Lipinski definition) is 2. The van der Waals surface area contributed by atoms with E-state index in [2.05, 4.69) is 10.0 Å². The molecule has 0 heterocycles. The molecular formula is C10H21N3O2. The number of aliphatic hydroxyl groups is 2. The SMILES string of the molecule is CC(CCO)CCC(O)C(C)(C)N=[N+]=[N-]. The van der Waals surface area contributed by atoms with Gasteiger partial charge in [-0.2, -0.15) is 0 Å². The largest absolute Gasteiger partial charge is 0.396 e. The van der Waals surface area contributed by atoms with Crippen LogP contribution in [0.25, 0.3) is 10.4 Å². The second-order valence-electron chi connectivity index (χ2n) is 4.55. The fourth-order valence-electron chi connectivity index (χ4n) is 1.34. The molecule has 2 atom stereocenters. The van der Waals surface area contributed by atoms with Gasteiger partial charge < -0.3 is 10.2 Å². The standard InChI is InChI=1S/C10H21N3O2/c1-8(6-7-14)4-5-9(15)10(2,3)12-13-11/h8-9,14-15H,4-7H2,1-3H3. The Bertz CT molecular complexity index is 225. The van der Waals surface area contributed by atoms with Crippen molar-refractivity contribution < 1.29 is 10.2 Å². The van der Waals surface area contributed by atoms with Crippen LogP contribution in [0.1, 0.15) is 40.0 Å². The molecule has 0 rings (SSSR count). The molecule has 0 fully saturated rings. The summed E-state index contributed by atoms with van der Waals surface area (Å²) >= 11 is 0. The molecule has 15 heavy (non-hydrogen) atoms. The summed E-state index contributed by atoms with van der Waals surface area (Å²) in [6.45, 7) is 5.64. The third kappa shape index (κ3) is 5.62. The van der Waals surface area contributed by atoms with Crippen molar-refractivity contribution in [1.29, 1.82) is 0 Å². The van der Waals surface area contributed by atoms with Crippen molar-refractivity contribution in [3.05, 3.63) is 10.4 Å².